The van der Waals surface area contributed by atoms with Crippen LogP contribution in [0.4, 0.5) is 0 Å². The molecule has 0 aromatic heterocycles. The van der Waals surface area contributed by atoms with E-state index in [4.69, 9.17) is 35.0 Å². The number of hydrogen-bond donors (Lipinski definition) is 0. The fraction of sp³-hybridized carbons (Fsp3) is 0. The Morgan fingerprint density at radius 2 is 0.636 bits per heavy atom. The van der Waals surface area contributed by atoms with E-state index in [2.05, 4.69) is 0 Å². The van der Waals surface area contributed by atoms with E-state index in [9.17, 15) is 0 Å². The second kappa shape index (κ2) is 5.98. The van der Waals surface area contributed by atoms with Crippen LogP contribution in [0.15, 0.2) is 0 Å². The minimum absolute atomic E-state index is 0. The molecular formula is O8ReS2-4. The van der Waals surface area contributed by atoms with Crippen molar-refractivity contribution in [2.45, 2.75) is 0 Å². The maximum absolute atomic E-state index is 8.52. The minimum Gasteiger partial charge on any atom is -0.759 e. The first kappa shape index (κ1) is 17.5. The molecule has 0 atom stereocenters. The van der Waals surface area contributed by atoms with Crippen LogP contribution in [-0.4, -0.2) is 35.0 Å². The van der Waals surface area contributed by atoms with Gasteiger partial charge in [-0.15, -0.1) is 0 Å². The first-order valence-electron chi connectivity index (χ1n) is 1.33. The van der Waals surface area contributed by atoms with E-state index in [-0.39, 0.29) is 20.4 Å². The summed E-state index contributed by atoms with van der Waals surface area (Å²) in [5, 5.41) is 0. The van der Waals surface area contributed by atoms with Crippen molar-refractivity contribution in [1.29, 1.82) is 0 Å². The molecule has 0 spiro atoms. The minimum atomic E-state index is -5.17. The molecule has 11 heavy (non-hydrogen) atoms. The van der Waals surface area contributed by atoms with Crippen LogP contribution in [0.2, 0.25) is 0 Å². The van der Waals surface area contributed by atoms with Crippen molar-refractivity contribution in [1.82, 2.24) is 0 Å². The number of rotatable bonds is 0. The summed E-state index contributed by atoms with van der Waals surface area (Å²) < 4.78 is 68.2. The van der Waals surface area contributed by atoms with E-state index < -0.39 is 20.8 Å². The Morgan fingerprint density at radius 3 is 0.636 bits per heavy atom. The van der Waals surface area contributed by atoms with Crippen molar-refractivity contribution in [3.8, 4) is 0 Å². The first-order chi connectivity index (χ1) is 4.00. The molecule has 0 heterocycles. The van der Waals surface area contributed by atoms with Crippen LogP contribution in [-0.2, 0) is 41.2 Å². The summed E-state index contributed by atoms with van der Waals surface area (Å²) in [6.45, 7) is 0. The molecule has 11 heteroatoms. The van der Waals surface area contributed by atoms with Crippen LogP contribution in [0.5, 0.6) is 0 Å². The van der Waals surface area contributed by atoms with Crippen LogP contribution in [0.3, 0.4) is 0 Å². The van der Waals surface area contributed by atoms with Crippen LogP contribution in [0, 0.1) is 0 Å². The molecule has 0 saturated carbocycles. The van der Waals surface area contributed by atoms with Gasteiger partial charge in [0.25, 0.3) is 0 Å². The molecule has 0 saturated heterocycles. The van der Waals surface area contributed by atoms with Gasteiger partial charge in [-0.05, 0) is 0 Å². The molecular weight excluding hydrogens is 378 g/mol. The summed E-state index contributed by atoms with van der Waals surface area (Å²) in [6, 6.07) is 0. The predicted octanol–water partition coefficient (Wildman–Crippen LogP) is -2.68. The van der Waals surface area contributed by atoms with Gasteiger partial charge in [0.15, 0.2) is 0 Å². The standard InChI is InChI=1S/2H2O4S.Re/c2*1-5(2,3)4;/h2*(H2,1,2,3,4);/p-4. The summed E-state index contributed by atoms with van der Waals surface area (Å²) in [5.41, 5.74) is 0. The smallest absolute Gasteiger partial charge is 0.0311 e. The van der Waals surface area contributed by atoms with Crippen LogP contribution < -0.4 is 0 Å². The second-order valence-corrected chi connectivity index (χ2v) is 2.45. The van der Waals surface area contributed by atoms with Gasteiger partial charge < -0.3 is 18.2 Å². The van der Waals surface area contributed by atoms with Crippen LogP contribution in [0.1, 0.15) is 0 Å². The van der Waals surface area contributed by atoms with Crippen molar-refractivity contribution in [3.05, 3.63) is 0 Å². The SMILES string of the molecule is O=S(=O)([O-])[O-].O=S(=O)([O-])[O-].[Re]. The summed E-state index contributed by atoms with van der Waals surface area (Å²) >= 11 is 0. The van der Waals surface area contributed by atoms with Gasteiger partial charge in [0.2, 0.25) is 0 Å². The van der Waals surface area contributed by atoms with Gasteiger partial charge in [0.05, 0.1) is 0 Å². The van der Waals surface area contributed by atoms with Crippen LogP contribution >= 0.6 is 0 Å². The van der Waals surface area contributed by atoms with Gasteiger partial charge >= 0.3 is 0 Å². The quantitative estimate of drug-likeness (QED) is 0.325. The molecule has 1 radical (unpaired) electrons. The Kier molecular flexibility index (Phi) is 9.50. The second-order valence-electron chi connectivity index (χ2n) is 0.816. The third-order valence-corrected chi connectivity index (χ3v) is 0. The van der Waals surface area contributed by atoms with Gasteiger partial charge in [-0.25, -0.2) is 0 Å². The molecule has 71 valence electrons. The largest absolute Gasteiger partial charge is 0.759 e. The molecule has 0 N–H and O–H groups in total. The van der Waals surface area contributed by atoms with Gasteiger partial charge in [-0.2, -0.15) is 0 Å². The Balaban J connectivity index is -0.000000107. The Bertz CT molecular complexity index is 208. The topological polar surface area (TPSA) is 161 Å². The molecule has 0 amide bonds. The summed E-state index contributed by atoms with van der Waals surface area (Å²) in [7, 11) is -10.3. The Labute approximate surface area is 76.4 Å². The first-order valence-corrected chi connectivity index (χ1v) is 4.00. The maximum atomic E-state index is 8.52. The van der Waals surface area contributed by atoms with Crippen molar-refractivity contribution in [2.24, 2.45) is 0 Å². The molecule has 0 unspecified atom stereocenters. The van der Waals surface area contributed by atoms with Gasteiger partial charge in [-0.1, -0.05) is 0 Å². The zero-order valence-corrected chi connectivity index (χ0v) is 8.81. The molecule has 0 fully saturated rings. The maximum Gasteiger partial charge on any atom is 0.0311 e. The van der Waals surface area contributed by atoms with E-state index in [1.54, 1.807) is 0 Å². The monoisotopic (exact) mass is 379 g/mol. The summed E-state index contributed by atoms with van der Waals surface area (Å²) in [4.78, 5) is 0. The molecule has 0 aromatic rings. The molecule has 0 bridgehead atoms. The van der Waals surface area contributed by atoms with Gasteiger partial charge in [0, 0.05) is 41.2 Å². The zero-order chi connectivity index (χ0) is 9.00. The third-order valence-electron chi connectivity index (χ3n) is 0. The summed E-state index contributed by atoms with van der Waals surface area (Å²) in [6.07, 6.45) is 0. The van der Waals surface area contributed by atoms with Crippen molar-refractivity contribution < 1.29 is 55.5 Å². The molecule has 0 aliphatic rings. The van der Waals surface area contributed by atoms with Crippen molar-refractivity contribution in [3.63, 3.8) is 0 Å². The average molecular weight is 378 g/mol. The van der Waals surface area contributed by atoms with Gasteiger partial charge in [-0.3, -0.25) is 16.8 Å². The third kappa shape index (κ3) is 4540. The molecule has 0 rings (SSSR count). The number of hydrogen-bond acceptors (Lipinski definition) is 8. The molecule has 8 nitrogen and oxygen atoms in total. The van der Waals surface area contributed by atoms with E-state index >= 15 is 0 Å². The summed E-state index contributed by atoms with van der Waals surface area (Å²) in [5.74, 6) is 0. The fourth-order valence-corrected chi connectivity index (χ4v) is 0. The molecule has 0 aromatic carbocycles. The van der Waals surface area contributed by atoms with Crippen molar-refractivity contribution >= 4 is 20.8 Å². The average Bonchev–Trinajstić information content (AvgIpc) is 1.12. The predicted molar refractivity (Wildman–Crippen MR) is 20.9 cm³/mol. The normalized spacial score (nSPS) is 10.5. The van der Waals surface area contributed by atoms with E-state index in [1.807, 2.05) is 0 Å². The fourth-order valence-electron chi connectivity index (χ4n) is 0. The molecule has 0 aliphatic carbocycles. The van der Waals surface area contributed by atoms with E-state index in [0.717, 1.165) is 0 Å². The van der Waals surface area contributed by atoms with E-state index in [0.29, 0.717) is 0 Å². The Morgan fingerprint density at radius 1 is 0.636 bits per heavy atom. The molecule has 0 aliphatic heterocycles. The Hall–Kier alpha value is 0.402. The van der Waals surface area contributed by atoms with Gasteiger partial charge in [0.1, 0.15) is 0 Å². The van der Waals surface area contributed by atoms with E-state index in [1.165, 1.54) is 0 Å². The van der Waals surface area contributed by atoms with Crippen molar-refractivity contribution in [2.75, 3.05) is 0 Å². The zero-order valence-electron chi connectivity index (χ0n) is 4.46. The van der Waals surface area contributed by atoms with Crippen LogP contribution in [0.25, 0.3) is 0 Å².